The third kappa shape index (κ3) is 3.18. The second-order valence-corrected chi connectivity index (χ2v) is 6.08. The summed E-state index contributed by atoms with van der Waals surface area (Å²) in [6.45, 7) is 1.33. The number of benzene rings is 1. The molecular weight excluding hydrogens is 320 g/mol. The Labute approximate surface area is 144 Å². The molecule has 128 valence electrons. The van der Waals surface area contributed by atoms with E-state index in [1.54, 1.807) is 16.9 Å². The topological polar surface area (TPSA) is 82.2 Å². The number of nitrogens with zero attached hydrogens (tertiary/aromatic N) is 3. The fourth-order valence-electron chi connectivity index (χ4n) is 3.02. The largest absolute Gasteiger partial charge is 0.381 e. The molecular formula is C18H18N4O3. The van der Waals surface area contributed by atoms with Crippen molar-refractivity contribution in [2.45, 2.75) is 12.3 Å². The van der Waals surface area contributed by atoms with Crippen LogP contribution >= 0.6 is 0 Å². The smallest absolute Gasteiger partial charge is 0.259 e. The standard InChI is InChI=1S/C18H18N4O3/c1-22-10-15(17(20-22)13-6-8-24-11-13)18(23)19-14-4-2-12(3-5-14)16-7-9-25-21-16/h2-5,7,9-10,13H,6,8,11H2,1H3,(H,19,23). The molecule has 1 aliphatic rings. The van der Waals surface area contributed by atoms with Crippen LogP contribution in [-0.4, -0.2) is 34.1 Å². The zero-order valence-corrected chi connectivity index (χ0v) is 13.8. The first-order valence-corrected chi connectivity index (χ1v) is 8.14. The van der Waals surface area contributed by atoms with Gasteiger partial charge < -0.3 is 14.6 Å². The minimum Gasteiger partial charge on any atom is -0.381 e. The highest BCUT2D eigenvalue weighted by Crippen LogP contribution is 2.27. The summed E-state index contributed by atoms with van der Waals surface area (Å²) in [5, 5.41) is 11.3. The van der Waals surface area contributed by atoms with Crippen LogP contribution in [0.2, 0.25) is 0 Å². The van der Waals surface area contributed by atoms with Crippen LogP contribution in [0.15, 0.2) is 47.3 Å². The highest BCUT2D eigenvalue weighted by atomic mass is 16.5. The Hall–Kier alpha value is -2.93. The van der Waals surface area contributed by atoms with Crippen LogP contribution in [0.4, 0.5) is 5.69 Å². The minimum atomic E-state index is -0.163. The molecule has 7 nitrogen and oxygen atoms in total. The highest BCUT2D eigenvalue weighted by molar-refractivity contribution is 6.05. The van der Waals surface area contributed by atoms with Crippen LogP contribution in [-0.2, 0) is 11.8 Å². The number of hydrogen-bond acceptors (Lipinski definition) is 5. The van der Waals surface area contributed by atoms with E-state index >= 15 is 0 Å². The Morgan fingerprint density at radius 1 is 1.28 bits per heavy atom. The van der Waals surface area contributed by atoms with Crippen molar-refractivity contribution in [3.05, 3.63) is 54.0 Å². The molecule has 1 amide bonds. The first-order chi connectivity index (χ1) is 12.2. The van der Waals surface area contributed by atoms with Crippen LogP contribution < -0.4 is 5.32 Å². The molecule has 3 aromatic rings. The Morgan fingerprint density at radius 3 is 2.80 bits per heavy atom. The molecule has 0 spiro atoms. The number of anilines is 1. The van der Waals surface area contributed by atoms with E-state index in [2.05, 4.69) is 15.6 Å². The molecule has 4 rings (SSSR count). The maximum Gasteiger partial charge on any atom is 0.259 e. The fourth-order valence-corrected chi connectivity index (χ4v) is 3.02. The lowest BCUT2D eigenvalue weighted by molar-refractivity contribution is 0.102. The molecule has 0 aliphatic carbocycles. The van der Waals surface area contributed by atoms with Crippen molar-refractivity contribution >= 4 is 11.6 Å². The van der Waals surface area contributed by atoms with Gasteiger partial charge in [0.1, 0.15) is 12.0 Å². The second-order valence-electron chi connectivity index (χ2n) is 6.08. The molecule has 0 bridgehead atoms. The van der Waals surface area contributed by atoms with Crippen molar-refractivity contribution in [2.24, 2.45) is 7.05 Å². The summed E-state index contributed by atoms with van der Waals surface area (Å²) in [6, 6.07) is 9.26. The quantitative estimate of drug-likeness (QED) is 0.791. The van der Waals surface area contributed by atoms with E-state index in [0.717, 1.165) is 29.1 Å². The summed E-state index contributed by atoms with van der Waals surface area (Å²) < 4.78 is 12.0. The number of nitrogens with one attached hydrogen (secondary N) is 1. The number of rotatable bonds is 4. The maximum absolute atomic E-state index is 12.7. The molecule has 25 heavy (non-hydrogen) atoms. The summed E-state index contributed by atoms with van der Waals surface area (Å²) in [4.78, 5) is 12.7. The van der Waals surface area contributed by atoms with E-state index in [0.29, 0.717) is 18.8 Å². The molecule has 7 heteroatoms. The average Bonchev–Trinajstić information content (AvgIpc) is 3.36. The van der Waals surface area contributed by atoms with Gasteiger partial charge in [0.25, 0.3) is 5.91 Å². The lowest BCUT2D eigenvalue weighted by Crippen LogP contribution is -2.15. The normalized spacial score (nSPS) is 16.9. The van der Waals surface area contributed by atoms with Gasteiger partial charge in [-0.3, -0.25) is 9.48 Å². The molecule has 3 heterocycles. The summed E-state index contributed by atoms with van der Waals surface area (Å²) in [6.07, 6.45) is 4.18. The molecule has 1 aliphatic heterocycles. The molecule has 0 radical (unpaired) electrons. The lowest BCUT2D eigenvalue weighted by atomic mass is 10.0. The van der Waals surface area contributed by atoms with Crippen LogP contribution in [0, 0.1) is 0 Å². The molecule has 1 fully saturated rings. The summed E-state index contributed by atoms with van der Waals surface area (Å²) >= 11 is 0. The van der Waals surface area contributed by atoms with Crippen molar-refractivity contribution in [3.8, 4) is 11.3 Å². The van der Waals surface area contributed by atoms with Gasteiger partial charge in [0.15, 0.2) is 0 Å². The van der Waals surface area contributed by atoms with Crippen LogP contribution in [0.1, 0.15) is 28.4 Å². The predicted octanol–water partition coefficient (Wildman–Crippen LogP) is 2.83. The van der Waals surface area contributed by atoms with E-state index in [9.17, 15) is 4.79 Å². The highest BCUT2D eigenvalue weighted by Gasteiger charge is 2.26. The molecule has 1 saturated heterocycles. The number of amides is 1. The summed E-state index contributed by atoms with van der Waals surface area (Å²) in [5.74, 6) is 0.0145. The lowest BCUT2D eigenvalue weighted by Gasteiger charge is -2.08. The van der Waals surface area contributed by atoms with Crippen LogP contribution in [0.5, 0.6) is 0 Å². The monoisotopic (exact) mass is 338 g/mol. The van der Waals surface area contributed by atoms with Gasteiger partial charge in [-0.2, -0.15) is 5.10 Å². The maximum atomic E-state index is 12.7. The van der Waals surface area contributed by atoms with Crippen molar-refractivity contribution in [2.75, 3.05) is 18.5 Å². The zero-order chi connectivity index (χ0) is 17.2. The van der Waals surface area contributed by atoms with Gasteiger partial charge in [-0.05, 0) is 18.6 Å². The Balaban J connectivity index is 1.52. The van der Waals surface area contributed by atoms with Gasteiger partial charge in [0, 0.05) is 43.1 Å². The molecule has 1 N–H and O–H groups in total. The van der Waals surface area contributed by atoms with E-state index in [1.165, 1.54) is 6.26 Å². The van der Waals surface area contributed by atoms with E-state index in [-0.39, 0.29) is 11.8 Å². The first-order valence-electron chi connectivity index (χ1n) is 8.14. The average molecular weight is 338 g/mol. The zero-order valence-electron chi connectivity index (χ0n) is 13.8. The Bertz CT molecular complexity index is 862. The molecule has 0 saturated carbocycles. The first kappa shape index (κ1) is 15.6. The van der Waals surface area contributed by atoms with Gasteiger partial charge in [-0.15, -0.1) is 0 Å². The van der Waals surface area contributed by atoms with E-state index < -0.39 is 0 Å². The molecule has 2 aromatic heterocycles. The van der Waals surface area contributed by atoms with Gasteiger partial charge in [0.2, 0.25) is 0 Å². The second kappa shape index (κ2) is 6.52. The van der Waals surface area contributed by atoms with Gasteiger partial charge in [-0.1, -0.05) is 17.3 Å². The predicted molar refractivity (Wildman–Crippen MR) is 91.3 cm³/mol. The van der Waals surface area contributed by atoms with Gasteiger partial charge in [0.05, 0.1) is 17.9 Å². The molecule has 1 aromatic carbocycles. The van der Waals surface area contributed by atoms with E-state index in [1.807, 2.05) is 31.3 Å². The minimum absolute atomic E-state index is 0.163. The molecule has 1 unspecified atom stereocenters. The van der Waals surface area contributed by atoms with Crippen molar-refractivity contribution in [1.29, 1.82) is 0 Å². The van der Waals surface area contributed by atoms with E-state index in [4.69, 9.17) is 9.26 Å². The van der Waals surface area contributed by atoms with Crippen molar-refractivity contribution in [3.63, 3.8) is 0 Å². The third-order valence-electron chi connectivity index (χ3n) is 4.29. The summed E-state index contributed by atoms with van der Waals surface area (Å²) in [5.41, 5.74) is 3.80. The number of aryl methyl sites for hydroxylation is 1. The number of aromatic nitrogens is 3. The van der Waals surface area contributed by atoms with Crippen molar-refractivity contribution < 1.29 is 14.1 Å². The summed E-state index contributed by atoms with van der Waals surface area (Å²) in [7, 11) is 1.82. The van der Waals surface area contributed by atoms with Gasteiger partial charge in [-0.25, -0.2) is 0 Å². The third-order valence-corrected chi connectivity index (χ3v) is 4.29. The SMILES string of the molecule is Cn1cc(C(=O)Nc2ccc(-c3ccon3)cc2)c(C2CCOC2)n1. The Morgan fingerprint density at radius 2 is 2.12 bits per heavy atom. The number of ether oxygens (including phenoxy) is 1. The molecule has 1 atom stereocenters. The Kier molecular flexibility index (Phi) is 4.07. The number of carbonyl (C=O) groups is 1. The van der Waals surface area contributed by atoms with Crippen molar-refractivity contribution in [1.82, 2.24) is 14.9 Å². The van der Waals surface area contributed by atoms with Crippen LogP contribution in [0.25, 0.3) is 11.3 Å². The number of carbonyl (C=O) groups excluding carboxylic acids is 1. The number of hydrogen-bond donors (Lipinski definition) is 1. The van der Waals surface area contributed by atoms with Gasteiger partial charge >= 0.3 is 0 Å². The van der Waals surface area contributed by atoms with Crippen LogP contribution in [0.3, 0.4) is 0 Å². The fraction of sp³-hybridized carbons (Fsp3) is 0.278.